The van der Waals surface area contributed by atoms with Crippen LogP contribution in [0.5, 0.6) is 0 Å². The lowest BCUT2D eigenvalue weighted by Gasteiger charge is -2.33. The minimum absolute atomic E-state index is 0.0295. The highest BCUT2D eigenvalue weighted by Crippen LogP contribution is 2.20. The van der Waals surface area contributed by atoms with Crippen molar-refractivity contribution in [3.63, 3.8) is 0 Å². The first kappa shape index (κ1) is 25.3. The zero-order chi connectivity index (χ0) is 23.0. The van der Waals surface area contributed by atoms with Gasteiger partial charge in [0.2, 0.25) is 11.8 Å². The van der Waals surface area contributed by atoms with Gasteiger partial charge in [0, 0.05) is 22.9 Å². The third-order valence-electron chi connectivity index (χ3n) is 4.89. The molecule has 0 aromatic heterocycles. The van der Waals surface area contributed by atoms with E-state index in [9.17, 15) is 9.59 Å². The molecule has 1 atom stereocenters. The van der Waals surface area contributed by atoms with Crippen LogP contribution in [0.1, 0.15) is 50.8 Å². The van der Waals surface area contributed by atoms with Crippen LogP contribution < -0.4 is 5.32 Å². The van der Waals surface area contributed by atoms with Crippen LogP contribution in [-0.2, 0) is 21.9 Å². The fourth-order valence-corrected chi connectivity index (χ4v) is 4.26. The van der Waals surface area contributed by atoms with Crippen molar-refractivity contribution in [3.8, 4) is 0 Å². The Kier molecular flexibility index (Phi) is 9.45. The number of hydrogen-bond donors (Lipinski definition) is 1. The lowest BCUT2D eigenvalue weighted by Crippen LogP contribution is -2.53. The Hall–Kier alpha value is -1.98. The first-order chi connectivity index (χ1) is 14.6. The number of benzene rings is 2. The Morgan fingerprint density at radius 3 is 2.32 bits per heavy atom. The molecule has 0 saturated heterocycles. The van der Waals surface area contributed by atoms with Gasteiger partial charge in [0.1, 0.15) is 6.04 Å². The number of carbonyl (C=O) groups excluding carboxylic acids is 2. The van der Waals surface area contributed by atoms with E-state index < -0.39 is 6.04 Å². The molecule has 1 N–H and O–H groups in total. The van der Waals surface area contributed by atoms with E-state index in [1.807, 2.05) is 83.1 Å². The van der Waals surface area contributed by atoms with Gasteiger partial charge in [-0.15, -0.1) is 11.8 Å². The van der Waals surface area contributed by atoms with Crippen molar-refractivity contribution in [2.24, 2.45) is 0 Å². The molecule has 0 radical (unpaired) electrons. The molecule has 4 nitrogen and oxygen atoms in total. The number of nitrogens with one attached hydrogen (secondary N) is 1. The second kappa shape index (κ2) is 11.6. The summed E-state index contributed by atoms with van der Waals surface area (Å²) in [6.07, 6.45) is 0.557. The molecule has 31 heavy (non-hydrogen) atoms. The topological polar surface area (TPSA) is 49.4 Å². The van der Waals surface area contributed by atoms with Gasteiger partial charge in [-0.2, -0.15) is 0 Å². The normalized spacial score (nSPS) is 12.3. The molecular formula is C25H33ClN2O2S. The molecule has 168 valence electrons. The Bertz CT molecular complexity index is 878. The van der Waals surface area contributed by atoms with Gasteiger partial charge >= 0.3 is 0 Å². The van der Waals surface area contributed by atoms with E-state index in [0.717, 1.165) is 16.7 Å². The van der Waals surface area contributed by atoms with Crippen LogP contribution in [0.15, 0.2) is 48.5 Å². The minimum atomic E-state index is -0.512. The maximum absolute atomic E-state index is 13.3. The average molecular weight is 461 g/mol. The first-order valence-electron chi connectivity index (χ1n) is 10.6. The summed E-state index contributed by atoms with van der Waals surface area (Å²) in [5, 5.41) is 3.74. The molecular weight excluding hydrogens is 428 g/mol. The molecule has 2 rings (SSSR count). The minimum Gasteiger partial charge on any atom is -0.350 e. The van der Waals surface area contributed by atoms with E-state index in [4.69, 9.17) is 11.6 Å². The summed E-state index contributed by atoms with van der Waals surface area (Å²) in [5.74, 6) is 0.887. The van der Waals surface area contributed by atoms with Gasteiger partial charge in [-0.3, -0.25) is 9.59 Å². The van der Waals surface area contributed by atoms with Crippen molar-refractivity contribution in [3.05, 3.63) is 70.2 Å². The summed E-state index contributed by atoms with van der Waals surface area (Å²) in [6, 6.07) is 15.1. The molecule has 2 amide bonds. The number of nitrogens with zero attached hydrogens (tertiary/aromatic N) is 1. The molecule has 0 saturated carbocycles. The smallest absolute Gasteiger partial charge is 0.243 e. The van der Waals surface area contributed by atoms with Crippen LogP contribution in [0.2, 0.25) is 5.02 Å². The van der Waals surface area contributed by atoms with Crippen molar-refractivity contribution in [2.45, 2.75) is 64.9 Å². The van der Waals surface area contributed by atoms with Crippen molar-refractivity contribution >= 4 is 35.2 Å². The van der Waals surface area contributed by atoms with Crippen LogP contribution in [0, 0.1) is 6.92 Å². The van der Waals surface area contributed by atoms with Gasteiger partial charge in [0.15, 0.2) is 0 Å². The molecule has 6 heteroatoms. The fraction of sp³-hybridized carbons (Fsp3) is 0.440. The Balaban J connectivity index is 2.16. The van der Waals surface area contributed by atoms with Gasteiger partial charge in [0.25, 0.3) is 0 Å². The van der Waals surface area contributed by atoms with Gasteiger partial charge in [-0.1, -0.05) is 54.9 Å². The predicted octanol–water partition coefficient (Wildman–Crippen LogP) is 5.60. The summed E-state index contributed by atoms with van der Waals surface area (Å²) in [6.45, 7) is 10.3. The van der Waals surface area contributed by atoms with E-state index in [1.54, 1.807) is 16.7 Å². The summed E-state index contributed by atoms with van der Waals surface area (Å²) >= 11 is 7.50. The number of hydrogen-bond acceptors (Lipinski definition) is 3. The Labute approximate surface area is 195 Å². The number of carbonyl (C=O) groups is 2. The van der Waals surface area contributed by atoms with E-state index >= 15 is 0 Å². The molecule has 0 heterocycles. The molecule has 0 spiro atoms. The molecule has 1 unspecified atom stereocenters. The van der Waals surface area contributed by atoms with Crippen molar-refractivity contribution in [1.29, 1.82) is 0 Å². The third-order valence-corrected chi connectivity index (χ3v) is 6.13. The molecule has 2 aromatic carbocycles. The van der Waals surface area contributed by atoms with E-state index in [-0.39, 0.29) is 17.4 Å². The zero-order valence-corrected chi connectivity index (χ0v) is 20.6. The lowest BCUT2D eigenvalue weighted by molar-refractivity contribution is -0.140. The quantitative estimate of drug-likeness (QED) is 0.529. The predicted molar refractivity (Wildman–Crippen MR) is 131 cm³/mol. The maximum Gasteiger partial charge on any atom is 0.243 e. The van der Waals surface area contributed by atoms with E-state index in [0.29, 0.717) is 29.5 Å². The highest BCUT2D eigenvalue weighted by Gasteiger charge is 2.30. The highest BCUT2D eigenvalue weighted by molar-refractivity contribution is 7.99. The third kappa shape index (κ3) is 8.23. The first-order valence-corrected chi connectivity index (χ1v) is 12.1. The number of rotatable bonds is 9. The van der Waals surface area contributed by atoms with Crippen LogP contribution in [0.3, 0.4) is 0 Å². The fourth-order valence-electron chi connectivity index (χ4n) is 3.26. The SMILES string of the molecule is CCC(C(=O)NC(C)(C)C)N(Cc1ccccc1C)C(=O)CSCc1ccc(Cl)cc1. The van der Waals surface area contributed by atoms with Crippen molar-refractivity contribution in [2.75, 3.05) is 5.75 Å². The molecule has 0 aliphatic carbocycles. The second-order valence-electron chi connectivity index (χ2n) is 8.73. The number of thioether (sulfide) groups is 1. The Morgan fingerprint density at radius 1 is 1.10 bits per heavy atom. The lowest BCUT2D eigenvalue weighted by atomic mass is 10.0. The van der Waals surface area contributed by atoms with Crippen LogP contribution in [-0.4, -0.2) is 34.0 Å². The average Bonchev–Trinajstić information content (AvgIpc) is 2.69. The molecule has 0 aliphatic heterocycles. The standard InChI is InChI=1S/C25H33ClN2O2S/c1-6-22(24(30)27-25(3,4)5)28(15-20-10-8-7-9-18(20)2)23(29)17-31-16-19-11-13-21(26)14-12-19/h7-14,22H,6,15-17H2,1-5H3,(H,27,30). The van der Waals surface area contributed by atoms with Gasteiger partial charge in [-0.05, 0) is 62.9 Å². The summed E-state index contributed by atoms with van der Waals surface area (Å²) in [7, 11) is 0. The van der Waals surface area contributed by atoms with Gasteiger partial charge in [0.05, 0.1) is 5.75 Å². The number of aryl methyl sites for hydroxylation is 1. The monoisotopic (exact) mass is 460 g/mol. The maximum atomic E-state index is 13.3. The van der Waals surface area contributed by atoms with Gasteiger partial charge in [-0.25, -0.2) is 0 Å². The Morgan fingerprint density at radius 2 is 1.74 bits per heavy atom. The summed E-state index contributed by atoms with van der Waals surface area (Å²) in [5.41, 5.74) is 2.93. The summed E-state index contributed by atoms with van der Waals surface area (Å²) in [4.78, 5) is 28.0. The molecule has 0 aliphatic rings. The molecule has 0 bridgehead atoms. The summed E-state index contributed by atoms with van der Waals surface area (Å²) < 4.78 is 0. The van der Waals surface area contributed by atoms with Crippen molar-refractivity contribution in [1.82, 2.24) is 10.2 Å². The molecule has 0 fully saturated rings. The largest absolute Gasteiger partial charge is 0.350 e. The van der Waals surface area contributed by atoms with E-state index in [2.05, 4.69) is 5.32 Å². The number of amides is 2. The van der Waals surface area contributed by atoms with Crippen LogP contribution in [0.4, 0.5) is 0 Å². The highest BCUT2D eigenvalue weighted by atomic mass is 35.5. The van der Waals surface area contributed by atoms with Crippen molar-refractivity contribution < 1.29 is 9.59 Å². The van der Waals surface area contributed by atoms with Crippen LogP contribution in [0.25, 0.3) is 0 Å². The van der Waals surface area contributed by atoms with Gasteiger partial charge < -0.3 is 10.2 Å². The second-order valence-corrected chi connectivity index (χ2v) is 10.2. The van der Waals surface area contributed by atoms with Crippen LogP contribution >= 0.6 is 23.4 Å². The zero-order valence-electron chi connectivity index (χ0n) is 19.1. The number of halogens is 1. The molecule has 2 aromatic rings. The van der Waals surface area contributed by atoms with E-state index in [1.165, 1.54) is 0 Å².